The van der Waals surface area contributed by atoms with E-state index in [0.29, 0.717) is 24.6 Å². The van der Waals surface area contributed by atoms with Crippen molar-refractivity contribution in [1.82, 2.24) is 0 Å². The summed E-state index contributed by atoms with van der Waals surface area (Å²) in [5, 5.41) is 0.392. The number of carbonyl (C=O) groups is 1. The zero-order chi connectivity index (χ0) is 7.41. The first kappa shape index (κ1) is 6.77. The van der Waals surface area contributed by atoms with Crippen LogP contribution in [0, 0.1) is 5.41 Å². The lowest BCUT2D eigenvalue weighted by atomic mass is 9.41. The van der Waals surface area contributed by atoms with Crippen LogP contribution in [0.25, 0.3) is 0 Å². The molecule has 3 heteroatoms. The minimum Gasteiger partial charge on any atom is -0.298 e. The fraction of sp³-hybridized carbons (Fsp3) is 0.857. The standard InChI is InChI=1S/C7H8BrFO/c8-1-5(10)6-2-7(9,3-6)4-6/h1-4H2. The summed E-state index contributed by atoms with van der Waals surface area (Å²) in [4.78, 5) is 11.1. The van der Waals surface area contributed by atoms with Crippen molar-refractivity contribution < 1.29 is 9.18 Å². The highest BCUT2D eigenvalue weighted by atomic mass is 79.9. The van der Waals surface area contributed by atoms with Crippen molar-refractivity contribution in [2.45, 2.75) is 24.9 Å². The maximum atomic E-state index is 12.8. The summed E-state index contributed by atoms with van der Waals surface area (Å²) in [5.41, 5.74) is -1.16. The zero-order valence-corrected chi connectivity index (χ0v) is 7.08. The van der Waals surface area contributed by atoms with Crippen LogP contribution in [-0.4, -0.2) is 16.8 Å². The molecule has 3 aliphatic carbocycles. The molecule has 3 aliphatic rings. The predicted octanol–water partition coefficient (Wildman–Crippen LogP) is 1.84. The van der Waals surface area contributed by atoms with E-state index in [4.69, 9.17) is 0 Å². The van der Waals surface area contributed by atoms with Crippen molar-refractivity contribution >= 4 is 21.7 Å². The van der Waals surface area contributed by atoms with E-state index >= 15 is 0 Å². The van der Waals surface area contributed by atoms with Crippen LogP contribution in [0.15, 0.2) is 0 Å². The van der Waals surface area contributed by atoms with Gasteiger partial charge in [0.05, 0.1) is 5.33 Å². The maximum Gasteiger partial charge on any atom is 0.149 e. The molecule has 3 rings (SSSR count). The van der Waals surface area contributed by atoms with Crippen LogP contribution in [0.2, 0.25) is 0 Å². The number of hydrogen-bond acceptors (Lipinski definition) is 1. The molecule has 0 aromatic carbocycles. The van der Waals surface area contributed by atoms with Gasteiger partial charge in [-0.05, 0) is 19.3 Å². The molecule has 1 nitrogen and oxygen atoms in total. The van der Waals surface area contributed by atoms with E-state index in [1.54, 1.807) is 0 Å². The Bertz CT molecular complexity index is 182. The van der Waals surface area contributed by atoms with E-state index in [1.165, 1.54) is 0 Å². The Morgan fingerprint density at radius 1 is 1.50 bits per heavy atom. The highest BCUT2D eigenvalue weighted by Crippen LogP contribution is 2.69. The molecule has 56 valence electrons. The maximum absolute atomic E-state index is 12.8. The monoisotopic (exact) mass is 206 g/mol. The van der Waals surface area contributed by atoms with Crippen molar-refractivity contribution in [2.75, 3.05) is 5.33 Å². The Hall–Kier alpha value is 0.0800. The molecular formula is C7H8BrFO. The van der Waals surface area contributed by atoms with Gasteiger partial charge in [0, 0.05) is 5.41 Å². The molecule has 3 fully saturated rings. The number of carbonyl (C=O) groups excluding carboxylic acids is 1. The number of hydrogen-bond donors (Lipinski definition) is 0. The lowest BCUT2D eigenvalue weighted by Crippen LogP contribution is -2.68. The van der Waals surface area contributed by atoms with Crippen LogP contribution in [0.5, 0.6) is 0 Å². The van der Waals surface area contributed by atoms with Crippen LogP contribution in [0.1, 0.15) is 19.3 Å². The van der Waals surface area contributed by atoms with Gasteiger partial charge in [0.1, 0.15) is 11.5 Å². The SMILES string of the molecule is O=C(CBr)C12CC(F)(C1)C2. The summed E-state index contributed by atoms with van der Waals surface area (Å²) in [6.45, 7) is 0. The zero-order valence-electron chi connectivity index (χ0n) is 5.49. The molecule has 0 aliphatic heterocycles. The Morgan fingerprint density at radius 3 is 2.30 bits per heavy atom. The summed E-state index contributed by atoms with van der Waals surface area (Å²) in [5.74, 6) is 0.187. The second kappa shape index (κ2) is 1.63. The molecule has 0 heterocycles. The van der Waals surface area contributed by atoms with Gasteiger partial charge in [-0.25, -0.2) is 4.39 Å². The first-order valence-corrected chi connectivity index (χ1v) is 4.51. The molecular weight excluding hydrogens is 199 g/mol. The second-order valence-corrected chi connectivity index (χ2v) is 4.08. The van der Waals surface area contributed by atoms with Crippen LogP contribution in [0.4, 0.5) is 4.39 Å². The van der Waals surface area contributed by atoms with Crippen LogP contribution >= 0.6 is 15.9 Å². The van der Waals surface area contributed by atoms with Gasteiger partial charge in [-0.2, -0.15) is 0 Å². The van der Waals surface area contributed by atoms with Gasteiger partial charge in [-0.1, -0.05) is 15.9 Å². The van der Waals surface area contributed by atoms with E-state index < -0.39 is 5.67 Å². The van der Waals surface area contributed by atoms with Crippen molar-refractivity contribution in [1.29, 1.82) is 0 Å². The molecule has 0 radical (unpaired) electrons. The summed E-state index contributed by atoms with van der Waals surface area (Å²) >= 11 is 3.10. The van der Waals surface area contributed by atoms with Crippen molar-refractivity contribution in [3.63, 3.8) is 0 Å². The first-order chi connectivity index (χ1) is 4.60. The van der Waals surface area contributed by atoms with E-state index in [-0.39, 0.29) is 11.2 Å². The fourth-order valence-corrected chi connectivity index (χ4v) is 2.70. The normalized spacial score (nSPS) is 49.4. The molecule has 10 heavy (non-hydrogen) atoms. The van der Waals surface area contributed by atoms with Gasteiger partial charge >= 0.3 is 0 Å². The van der Waals surface area contributed by atoms with Crippen LogP contribution in [0.3, 0.4) is 0 Å². The Labute approximate surface area is 67.1 Å². The van der Waals surface area contributed by atoms with Gasteiger partial charge < -0.3 is 0 Å². The van der Waals surface area contributed by atoms with E-state index in [9.17, 15) is 9.18 Å². The van der Waals surface area contributed by atoms with Gasteiger partial charge in [0.2, 0.25) is 0 Å². The first-order valence-electron chi connectivity index (χ1n) is 3.39. The lowest BCUT2D eigenvalue weighted by Gasteiger charge is -2.64. The van der Waals surface area contributed by atoms with Crippen molar-refractivity contribution in [3.05, 3.63) is 0 Å². The van der Waals surface area contributed by atoms with Gasteiger partial charge in [0.15, 0.2) is 0 Å². The Balaban J connectivity index is 2.04. The third-order valence-electron chi connectivity index (χ3n) is 2.68. The van der Waals surface area contributed by atoms with Crippen molar-refractivity contribution in [2.24, 2.45) is 5.41 Å². The topological polar surface area (TPSA) is 17.1 Å². The molecule has 0 atom stereocenters. The third-order valence-corrected chi connectivity index (χ3v) is 3.19. The molecule has 0 amide bonds. The van der Waals surface area contributed by atoms with Crippen LogP contribution in [-0.2, 0) is 4.79 Å². The molecule has 0 aromatic heterocycles. The average molecular weight is 207 g/mol. The predicted molar refractivity (Wildman–Crippen MR) is 38.9 cm³/mol. The molecule has 0 spiro atoms. The summed E-state index contributed by atoms with van der Waals surface area (Å²) < 4.78 is 12.8. The van der Waals surface area contributed by atoms with Gasteiger partial charge in [-0.3, -0.25) is 4.79 Å². The number of rotatable bonds is 2. The minimum atomic E-state index is -0.933. The number of Topliss-reactive ketones (excluding diaryl/α,β-unsaturated/α-hetero) is 1. The van der Waals surface area contributed by atoms with E-state index in [1.807, 2.05) is 0 Å². The third kappa shape index (κ3) is 0.595. The molecule has 0 saturated heterocycles. The highest BCUT2D eigenvalue weighted by Gasteiger charge is 2.71. The largest absolute Gasteiger partial charge is 0.298 e. The van der Waals surface area contributed by atoms with Gasteiger partial charge in [-0.15, -0.1) is 0 Å². The number of halogens is 2. The van der Waals surface area contributed by atoms with E-state index in [2.05, 4.69) is 15.9 Å². The minimum absolute atomic E-state index is 0.187. The van der Waals surface area contributed by atoms with Crippen molar-refractivity contribution in [3.8, 4) is 0 Å². The van der Waals surface area contributed by atoms with E-state index in [0.717, 1.165) is 0 Å². The molecule has 2 bridgehead atoms. The molecule has 0 unspecified atom stereocenters. The molecule has 0 N–H and O–H groups in total. The quantitative estimate of drug-likeness (QED) is 0.631. The van der Waals surface area contributed by atoms with Crippen LogP contribution < -0.4 is 0 Å². The molecule has 0 aromatic rings. The lowest BCUT2D eigenvalue weighted by molar-refractivity contribution is -0.209. The Kier molecular flexibility index (Phi) is 1.10. The fourth-order valence-electron chi connectivity index (χ4n) is 2.10. The Morgan fingerprint density at radius 2 is 2.00 bits per heavy atom. The number of ketones is 1. The second-order valence-electron chi connectivity index (χ2n) is 3.52. The summed E-state index contributed by atoms with van der Waals surface area (Å²) in [6, 6.07) is 0. The number of alkyl halides is 2. The average Bonchev–Trinajstić information content (AvgIpc) is 1.77. The summed E-state index contributed by atoms with van der Waals surface area (Å²) in [6.07, 6.45) is 1.47. The smallest absolute Gasteiger partial charge is 0.149 e. The summed E-state index contributed by atoms with van der Waals surface area (Å²) in [7, 11) is 0. The molecule has 3 saturated carbocycles. The van der Waals surface area contributed by atoms with Gasteiger partial charge in [0.25, 0.3) is 0 Å². The highest BCUT2D eigenvalue weighted by molar-refractivity contribution is 9.09.